The van der Waals surface area contributed by atoms with E-state index in [0.717, 1.165) is 17.9 Å². The molecule has 20 heavy (non-hydrogen) atoms. The lowest BCUT2D eigenvalue weighted by atomic mass is 10.2. The third-order valence-corrected chi connectivity index (χ3v) is 3.79. The van der Waals surface area contributed by atoms with E-state index in [1.54, 1.807) is 29.5 Å². The Bertz CT molecular complexity index is 589. The highest BCUT2D eigenvalue weighted by Crippen LogP contribution is 2.15. The number of benzene rings is 1. The largest absolute Gasteiger partial charge is 0.380 e. The second kappa shape index (κ2) is 6.86. The van der Waals surface area contributed by atoms with E-state index in [1.807, 2.05) is 24.6 Å². The van der Waals surface area contributed by atoms with Gasteiger partial charge in [-0.3, -0.25) is 4.79 Å². The van der Waals surface area contributed by atoms with Gasteiger partial charge in [0, 0.05) is 22.7 Å². The molecule has 0 saturated carbocycles. The van der Waals surface area contributed by atoms with Gasteiger partial charge in [0.15, 0.2) is 0 Å². The standard InChI is InChI=1S/C15H17N3OS/c1-3-8-16-15(19)12-4-6-13(7-5-12)17-9-14-11(2)18-10-20-14/h3-7,10,17H,1,8-9H2,2H3,(H,16,19). The van der Waals surface area contributed by atoms with Gasteiger partial charge < -0.3 is 10.6 Å². The van der Waals surface area contributed by atoms with Gasteiger partial charge in [-0.2, -0.15) is 0 Å². The molecule has 0 radical (unpaired) electrons. The van der Waals surface area contributed by atoms with Crippen LogP contribution < -0.4 is 10.6 Å². The number of carbonyl (C=O) groups excluding carboxylic acids is 1. The molecule has 1 aromatic heterocycles. The summed E-state index contributed by atoms with van der Waals surface area (Å²) in [5.41, 5.74) is 4.53. The zero-order chi connectivity index (χ0) is 14.4. The molecule has 1 amide bonds. The van der Waals surface area contributed by atoms with Crippen LogP contribution in [0.2, 0.25) is 0 Å². The van der Waals surface area contributed by atoms with Crippen LogP contribution in [0.25, 0.3) is 0 Å². The van der Waals surface area contributed by atoms with Crippen LogP contribution in [0.4, 0.5) is 5.69 Å². The Hall–Kier alpha value is -2.14. The first-order chi connectivity index (χ1) is 9.70. The van der Waals surface area contributed by atoms with E-state index in [9.17, 15) is 4.79 Å². The Morgan fingerprint density at radius 3 is 2.75 bits per heavy atom. The maximum Gasteiger partial charge on any atom is 0.251 e. The Labute approximate surface area is 122 Å². The smallest absolute Gasteiger partial charge is 0.251 e. The summed E-state index contributed by atoms with van der Waals surface area (Å²) in [6.45, 7) is 6.79. The Balaban J connectivity index is 1.93. The fourth-order valence-corrected chi connectivity index (χ4v) is 2.40. The summed E-state index contributed by atoms with van der Waals surface area (Å²) in [4.78, 5) is 17.2. The molecule has 0 aliphatic rings. The number of anilines is 1. The highest BCUT2D eigenvalue weighted by molar-refractivity contribution is 7.09. The number of amides is 1. The van der Waals surface area contributed by atoms with Crippen LogP contribution in [0, 0.1) is 6.92 Å². The van der Waals surface area contributed by atoms with Gasteiger partial charge in [0.1, 0.15) is 0 Å². The zero-order valence-electron chi connectivity index (χ0n) is 11.3. The van der Waals surface area contributed by atoms with E-state index in [-0.39, 0.29) is 5.91 Å². The molecule has 0 bridgehead atoms. The summed E-state index contributed by atoms with van der Waals surface area (Å²) in [5, 5.41) is 6.07. The molecule has 0 atom stereocenters. The van der Waals surface area contributed by atoms with Crippen LogP contribution in [-0.4, -0.2) is 17.4 Å². The SMILES string of the molecule is C=CCNC(=O)c1ccc(NCc2scnc2C)cc1. The summed E-state index contributed by atoms with van der Waals surface area (Å²) < 4.78 is 0. The molecule has 2 N–H and O–H groups in total. The molecular weight excluding hydrogens is 270 g/mol. The maximum absolute atomic E-state index is 11.7. The van der Waals surface area contributed by atoms with Crippen LogP contribution in [0.3, 0.4) is 0 Å². The average Bonchev–Trinajstić information content (AvgIpc) is 2.88. The van der Waals surface area contributed by atoms with E-state index in [2.05, 4.69) is 22.2 Å². The van der Waals surface area contributed by atoms with Crippen molar-refractivity contribution in [3.05, 3.63) is 58.6 Å². The van der Waals surface area contributed by atoms with Crippen LogP contribution in [0.5, 0.6) is 0 Å². The van der Waals surface area contributed by atoms with Crippen molar-refractivity contribution >= 4 is 22.9 Å². The lowest BCUT2D eigenvalue weighted by Crippen LogP contribution is -2.23. The second-order valence-corrected chi connectivity index (χ2v) is 5.23. The van der Waals surface area contributed by atoms with Gasteiger partial charge in [-0.1, -0.05) is 6.08 Å². The molecule has 104 valence electrons. The first-order valence-corrected chi connectivity index (χ1v) is 7.20. The lowest BCUT2D eigenvalue weighted by molar-refractivity contribution is 0.0958. The summed E-state index contributed by atoms with van der Waals surface area (Å²) in [6, 6.07) is 7.42. The van der Waals surface area contributed by atoms with Gasteiger partial charge in [0.25, 0.3) is 5.91 Å². The first-order valence-electron chi connectivity index (χ1n) is 6.32. The molecule has 0 fully saturated rings. The van der Waals surface area contributed by atoms with E-state index >= 15 is 0 Å². The van der Waals surface area contributed by atoms with Crippen LogP contribution >= 0.6 is 11.3 Å². The van der Waals surface area contributed by atoms with E-state index in [0.29, 0.717) is 12.1 Å². The monoisotopic (exact) mass is 287 g/mol. The minimum absolute atomic E-state index is 0.0882. The summed E-state index contributed by atoms with van der Waals surface area (Å²) in [5.74, 6) is -0.0882. The molecule has 0 unspecified atom stereocenters. The first kappa shape index (κ1) is 14.3. The molecule has 0 aliphatic heterocycles. The summed E-state index contributed by atoms with van der Waals surface area (Å²) >= 11 is 1.64. The number of nitrogens with zero attached hydrogens (tertiary/aromatic N) is 1. The van der Waals surface area contributed by atoms with E-state index < -0.39 is 0 Å². The predicted octanol–water partition coefficient (Wildman–Crippen LogP) is 2.98. The molecule has 0 spiro atoms. The van der Waals surface area contributed by atoms with Gasteiger partial charge in [0.2, 0.25) is 0 Å². The molecule has 1 heterocycles. The molecule has 2 rings (SSSR count). The van der Waals surface area contributed by atoms with Crippen LogP contribution in [0.15, 0.2) is 42.4 Å². The van der Waals surface area contributed by atoms with Crippen LogP contribution in [0.1, 0.15) is 20.9 Å². The van der Waals surface area contributed by atoms with Gasteiger partial charge in [-0.15, -0.1) is 17.9 Å². The van der Waals surface area contributed by atoms with Gasteiger partial charge in [0.05, 0.1) is 17.7 Å². The molecule has 0 saturated heterocycles. The third-order valence-electron chi connectivity index (χ3n) is 2.85. The number of hydrogen-bond acceptors (Lipinski definition) is 4. The van der Waals surface area contributed by atoms with Crippen molar-refractivity contribution in [3.8, 4) is 0 Å². The quantitative estimate of drug-likeness (QED) is 0.803. The molecule has 1 aromatic carbocycles. The second-order valence-electron chi connectivity index (χ2n) is 4.29. The number of rotatable bonds is 6. The Kier molecular flexibility index (Phi) is 4.90. The van der Waals surface area contributed by atoms with Gasteiger partial charge >= 0.3 is 0 Å². The Morgan fingerprint density at radius 1 is 1.40 bits per heavy atom. The average molecular weight is 287 g/mol. The number of hydrogen-bond donors (Lipinski definition) is 2. The predicted molar refractivity (Wildman–Crippen MR) is 83.1 cm³/mol. The van der Waals surface area contributed by atoms with E-state index in [4.69, 9.17) is 0 Å². The molecule has 5 heteroatoms. The van der Waals surface area contributed by atoms with Crippen molar-refractivity contribution in [2.45, 2.75) is 13.5 Å². The minimum atomic E-state index is -0.0882. The van der Waals surface area contributed by atoms with Gasteiger partial charge in [-0.25, -0.2) is 4.98 Å². The van der Waals surface area contributed by atoms with Crippen molar-refractivity contribution in [2.24, 2.45) is 0 Å². The zero-order valence-corrected chi connectivity index (χ0v) is 12.2. The van der Waals surface area contributed by atoms with Crippen molar-refractivity contribution in [2.75, 3.05) is 11.9 Å². The van der Waals surface area contributed by atoms with Gasteiger partial charge in [-0.05, 0) is 31.2 Å². The highest BCUT2D eigenvalue weighted by atomic mass is 32.1. The minimum Gasteiger partial charge on any atom is -0.380 e. The number of nitrogens with one attached hydrogen (secondary N) is 2. The maximum atomic E-state index is 11.7. The third kappa shape index (κ3) is 3.68. The van der Waals surface area contributed by atoms with Crippen molar-refractivity contribution in [1.82, 2.24) is 10.3 Å². The lowest BCUT2D eigenvalue weighted by Gasteiger charge is -2.07. The molecular formula is C15H17N3OS. The normalized spacial score (nSPS) is 10.1. The fraction of sp³-hybridized carbons (Fsp3) is 0.200. The van der Waals surface area contributed by atoms with Crippen molar-refractivity contribution < 1.29 is 4.79 Å². The number of aromatic nitrogens is 1. The molecule has 4 nitrogen and oxygen atoms in total. The number of thiazole rings is 1. The summed E-state index contributed by atoms with van der Waals surface area (Å²) in [6.07, 6.45) is 1.66. The van der Waals surface area contributed by atoms with Crippen LogP contribution in [-0.2, 0) is 6.54 Å². The van der Waals surface area contributed by atoms with E-state index in [1.165, 1.54) is 4.88 Å². The Morgan fingerprint density at radius 2 is 2.15 bits per heavy atom. The number of carbonyl (C=O) groups is 1. The number of aryl methyl sites for hydroxylation is 1. The summed E-state index contributed by atoms with van der Waals surface area (Å²) in [7, 11) is 0. The van der Waals surface area contributed by atoms with Crippen molar-refractivity contribution in [1.29, 1.82) is 0 Å². The highest BCUT2D eigenvalue weighted by Gasteiger charge is 2.04. The topological polar surface area (TPSA) is 54.0 Å². The molecule has 0 aliphatic carbocycles. The van der Waals surface area contributed by atoms with Crippen molar-refractivity contribution in [3.63, 3.8) is 0 Å². The fourth-order valence-electron chi connectivity index (χ4n) is 1.68. The molecule has 2 aromatic rings.